The summed E-state index contributed by atoms with van der Waals surface area (Å²) in [4.78, 5) is 18.4. The fourth-order valence-electron chi connectivity index (χ4n) is 2.15. The molecule has 0 amide bonds. The van der Waals surface area contributed by atoms with Crippen LogP contribution in [0.2, 0.25) is 0 Å². The summed E-state index contributed by atoms with van der Waals surface area (Å²) < 4.78 is 18.6. The summed E-state index contributed by atoms with van der Waals surface area (Å²) in [5, 5.41) is 9.13. The van der Waals surface area contributed by atoms with E-state index in [0.29, 0.717) is 17.1 Å². The van der Waals surface area contributed by atoms with Crippen LogP contribution in [0.25, 0.3) is 22.4 Å². The van der Waals surface area contributed by atoms with E-state index in [1.54, 1.807) is 31.4 Å². The number of hydrogen-bond acceptors (Lipinski definition) is 3. The number of rotatable bonds is 3. The molecular formula is C15H11FN2O3. The first-order valence-corrected chi connectivity index (χ1v) is 6.15. The van der Waals surface area contributed by atoms with Gasteiger partial charge in [0.1, 0.15) is 22.9 Å². The van der Waals surface area contributed by atoms with Gasteiger partial charge in [0.05, 0.1) is 18.2 Å². The average molecular weight is 286 g/mol. The van der Waals surface area contributed by atoms with Crippen molar-refractivity contribution in [3.8, 4) is 17.1 Å². The number of methoxy groups -OCH3 is 1. The highest BCUT2D eigenvalue weighted by Crippen LogP contribution is 2.26. The van der Waals surface area contributed by atoms with Crippen molar-refractivity contribution in [1.82, 2.24) is 9.97 Å². The lowest BCUT2D eigenvalue weighted by Crippen LogP contribution is -1.98. The van der Waals surface area contributed by atoms with Gasteiger partial charge in [-0.3, -0.25) is 0 Å². The van der Waals surface area contributed by atoms with Gasteiger partial charge in [-0.1, -0.05) is 12.1 Å². The van der Waals surface area contributed by atoms with Crippen LogP contribution in [0.3, 0.4) is 0 Å². The lowest BCUT2D eigenvalue weighted by atomic mass is 10.2. The van der Waals surface area contributed by atoms with Crippen LogP contribution in [0.5, 0.6) is 5.75 Å². The summed E-state index contributed by atoms with van der Waals surface area (Å²) in [6.07, 6.45) is 0. The van der Waals surface area contributed by atoms with E-state index < -0.39 is 11.8 Å². The molecule has 0 atom stereocenters. The lowest BCUT2D eigenvalue weighted by molar-refractivity contribution is 0.0698. The van der Waals surface area contributed by atoms with Crippen molar-refractivity contribution in [2.75, 3.05) is 7.11 Å². The van der Waals surface area contributed by atoms with E-state index in [-0.39, 0.29) is 11.1 Å². The number of carboxylic acids is 1. The molecule has 5 nitrogen and oxygen atoms in total. The molecule has 6 heteroatoms. The van der Waals surface area contributed by atoms with Gasteiger partial charge in [-0.15, -0.1) is 0 Å². The first kappa shape index (κ1) is 13.1. The molecule has 21 heavy (non-hydrogen) atoms. The molecule has 0 fully saturated rings. The smallest absolute Gasteiger partial charge is 0.338 e. The van der Waals surface area contributed by atoms with Crippen molar-refractivity contribution in [3.63, 3.8) is 0 Å². The number of ether oxygens (including phenoxy) is 1. The van der Waals surface area contributed by atoms with Crippen molar-refractivity contribution in [1.29, 1.82) is 0 Å². The molecule has 1 heterocycles. The standard InChI is InChI=1S/C15H11FN2O3/c1-21-10-4-2-3-8(5-10)14-17-12-7-9(16)6-11(15(19)20)13(12)18-14/h2-7H,1H3,(H,17,18)(H,19,20). The van der Waals surface area contributed by atoms with Gasteiger partial charge in [0.15, 0.2) is 0 Å². The number of halogens is 1. The maximum atomic E-state index is 13.5. The minimum Gasteiger partial charge on any atom is -0.497 e. The Morgan fingerprint density at radius 2 is 2.14 bits per heavy atom. The van der Waals surface area contributed by atoms with Gasteiger partial charge in [-0.2, -0.15) is 0 Å². The molecule has 0 spiro atoms. The largest absolute Gasteiger partial charge is 0.497 e. The van der Waals surface area contributed by atoms with Crippen LogP contribution in [-0.4, -0.2) is 28.2 Å². The Hall–Kier alpha value is -2.89. The number of fused-ring (bicyclic) bond motifs is 1. The van der Waals surface area contributed by atoms with Crippen LogP contribution in [0, 0.1) is 5.82 Å². The number of nitrogens with zero attached hydrogens (tertiary/aromatic N) is 1. The zero-order chi connectivity index (χ0) is 15.0. The molecule has 0 radical (unpaired) electrons. The van der Waals surface area contributed by atoms with Crippen LogP contribution < -0.4 is 4.74 Å². The molecule has 0 aliphatic heterocycles. The van der Waals surface area contributed by atoms with Crippen molar-refractivity contribution >= 4 is 17.0 Å². The molecule has 3 aromatic rings. The zero-order valence-corrected chi connectivity index (χ0v) is 11.1. The Morgan fingerprint density at radius 3 is 2.86 bits per heavy atom. The van der Waals surface area contributed by atoms with Crippen molar-refractivity contribution in [3.05, 3.63) is 47.8 Å². The molecule has 0 bridgehead atoms. The molecule has 0 saturated heterocycles. The Balaban J connectivity index is 2.21. The maximum Gasteiger partial charge on any atom is 0.338 e. The van der Waals surface area contributed by atoms with Crippen LogP contribution >= 0.6 is 0 Å². The van der Waals surface area contributed by atoms with Gasteiger partial charge in [0.2, 0.25) is 0 Å². The number of hydrogen-bond donors (Lipinski definition) is 2. The van der Waals surface area contributed by atoms with Gasteiger partial charge in [0.25, 0.3) is 0 Å². The first-order chi connectivity index (χ1) is 10.1. The van der Waals surface area contributed by atoms with Crippen LogP contribution in [0.4, 0.5) is 4.39 Å². The second-order valence-electron chi connectivity index (χ2n) is 4.47. The Morgan fingerprint density at radius 1 is 1.33 bits per heavy atom. The molecule has 0 saturated carbocycles. The Labute approximate surface area is 119 Å². The van der Waals surface area contributed by atoms with E-state index in [9.17, 15) is 9.18 Å². The normalized spacial score (nSPS) is 10.8. The third-order valence-corrected chi connectivity index (χ3v) is 3.12. The fourth-order valence-corrected chi connectivity index (χ4v) is 2.15. The number of imidazole rings is 1. The van der Waals surface area contributed by atoms with Crippen LogP contribution in [-0.2, 0) is 0 Å². The van der Waals surface area contributed by atoms with Crippen molar-refractivity contribution < 1.29 is 19.0 Å². The summed E-state index contributed by atoms with van der Waals surface area (Å²) >= 11 is 0. The SMILES string of the molecule is COc1cccc(-c2nc3c(C(=O)O)cc(F)cc3[nH]2)c1. The Kier molecular flexibility index (Phi) is 3.06. The third-order valence-electron chi connectivity index (χ3n) is 3.12. The predicted molar refractivity (Wildman–Crippen MR) is 75.0 cm³/mol. The number of aromatic carboxylic acids is 1. The summed E-state index contributed by atoms with van der Waals surface area (Å²) in [7, 11) is 1.55. The molecule has 106 valence electrons. The van der Waals surface area contributed by atoms with Crippen molar-refractivity contribution in [2.45, 2.75) is 0 Å². The van der Waals surface area contributed by atoms with E-state index in [1.165, 1.54) is 6.07 Å². The average Bonchev–Trinajstić information content (AvgIpc) is 2.90. The number of aromatic nitrogens is 2. The van der Waals surface area contributed by atoms with Crippen molar-refractivity contribution in [2.24, 2.45) is 0 Å². The third kappa shape index (κ3) is 2.31. The van der Waals surface area contributed by atoms with Gasteiger partial charge in [-0.25, -0.2) is 14.2 Å². The minimum absolute atomic E-state index is 0.171. The van der Waals surface area contributed by atoms with E-state index in [4.69, 9.17) is 9.84 Å². The van der Waals surface area contributed by atoms with Gasteiger partial charge < -0.3 is 14.8 Å². The topological polar surface area (TPSA) is 75.2 Å². The van der Waals surface area contributed by atoms with Gasteiger partial charge in [0, 0.05) is 5.56 Å². The number of carbonyl (C=O) groups is 1. The molecule has 1 aromatic heterocycles. The molecule has 2 N–H and O–H groups in total. The molecular weight excluding hydrogens is 275 g/mol. The van der Waals surface area contributed by atoms with Gasteiger partial charge >= 0.3 is 5.97 Å². The predicted octanol–water partition coefficient (Wildman–Crippen LogP) is 3.08. The molecule has 0 aliphatic carbocycles. The van der Waals surface area contributed by atoms with Crippen LogP contribution in [0.15, 0.2) is 36.4 Å². The highest BCUT2D eigenvalue weighted by Gasteiger charge is 2.15. The summed E-state index contributed by atoms with van der Waals surface area (Å²) in [6.45, 7) is 0. The summed E-state index contributed by atoms with van der Waals surface area (Å²) in [5.41, 5.74) is 1.12. The van der Waals surface area contributed by atoms with E-state index in [0.717, 1.165) is 11.6 Å². The molecule has 0 unspecified atom stereocenters. The van der Waals surface area contributed by atoms with E-state index in [2.05, 4.69) is 9.97 Å². The van der Waals surface area contributed by atoms with Crippen LogP contribution in [0.1, 0.15) is 10.4 Å². The number of benzene rings is 2. The second-order valence-corrected chi connectivity index (χ2v) is 4.47. The second kappa shape index (κ2) is 4.90. The minimum atomic E-state index is -1.22. The molecule has 0 aliphatic rings. The quantitative estimate of drug-likeness (QED) is 0.776. The fraction of sp³-hybridized carbons (Fsp3) is 0.0667. The highest BCUT2D eigenvalue weighted by atomic mass is 19.1. The van der Waals surface area contributed by atoms with E-state index >= 15 is 0 Å². The maximum absolute atomic E-state index is 13.5. The zero-order valence-electron chi connectivity index (χ0n) is 11.1. The molecule has 3 rings (SSSR count). The molecule has 2 aromatic carbocycles. The number of nitrogens with one attached hydrogen (secondary N) is 1. The Bertz CT molecular complexity index is 842. The summed E-state index contributed by atoms with van der Waals surface area (Å²) in [6, 6.07) is 9.32. The monoisotopic (exact) mass is 286 g/mol. The first-order valence-electron chi connectivity index (χ1n) is 6.15. The number of carboxylic acid groups (broad SMARTS) is 1. The summed E-state index contributed by atoms with van der Waals surface area (Å²) in [5.74, 6) is -0.737. The number of aromatic amines is 1. The lowest BCUT2D eigenvalue weighted by Gasteiger charge is -2.01. The number of H-pyrrole nitrogens is 1. The van der Waals surface area contributed by atoms with E-state index in [1.807, 2.05) is 0 Å². The van der Waals surface area contributed by atoms with Gasteiger partial charge in [-0.05, 0) is 24.3 Å². The highest BCUT2D eigenvalue weighted by molar-refractivity contribution is 6.01.